The molecule has 0 bridgehead atoms. The monoisotopic (exact) mass is 250 g/mol. The predicted molar refractivity (Wildman–Crippen MR) is 68.7 cm³/mol. The first-order valence-corrected chi connectivity index (χ1v) is 5.99. The minimum absolute atomic E-state index is 0.385. The first-order valence-electron chi connectivity index (χ1n) is 5.99. The zero-order valence-electron chi connectivity index (χ0n) is 10.7. The Morgan fingerprint density at radius 3 is 3.00 bits per heavy atom. The van der Waals surface area contributed by atoms with Crippen molar-refractivity contribution in [1.29, 1.82) is 0 Å². The molecule has 98 valence electrons. The highest BCUT2D eigenvalue weighted by Crippen LogP contribution is 2.18. The topological polar surface area (TPSA) is 90.9 Å². The summed E-state index contributed by atoms with van der Waals surface area (Å²) in [5.74, 6) is 6.63. The Balaban J connectivity index is 2.20. The second-order valence-corrected chi connectivity index (χ2v) is 4.04. The van der Waals surface area contributed by atoms with Gasteiger partial charge in [-0.25, -0.2) is 15.8 Å². The third-order valence-corrected chi connectivity index (χ3v) is 2.65. The number of hydrogen-bond acceptors (Lipinski definition) is 6. The van der Waals surface area contributed by atoms with Crippen LogP contribution in [0.25, 0.3) is 11.0 Å². The van der Waals surface area contributed by atoms with E-state index in [0.29, 0.717) is 24.9 Å². The lowest BCUT2D eigenvalue weighted by atomic mass is 10.3. The number of nitrogens with zero attached hydrogens (tertiary/aromatic N) is 4. The number of nitrogens with two attached hydrogens (primary N) is 1. The molecule has 0 saturated carbocycles. The van der Waals surface area contributed by atoms with Crippen molar-refractivity contribution in [2.24, 2.45) is 12.9 Å². The molecule has 0 aliphatic heterocycles. The van der Waals surface area contributed by atoms with E-state index in [1.807, 2.05) is 7.05 Å². The summed E-state index contributed by atoms with van der Waals surface area (Å²) in [6.45, 7) is 3.22. The lowest BCUT2D eigenvalue weighted by Gasteiger charge is -2.06. The van der Waals surface area contributed by atoms with Crippen LogP contribution < -0.4 is 11.3 Å². The molecule has 0 aliphatic carbocycles. The highest BCUT2D eigenvalue weighted by Gasteiger charge is 2.10. The van der Waals surface area contributed by atoms with E-state index >= 15 is 0 Å². The number of anilines is 1. The smallest absolute Gasteiger partial charge is 0.163 e. The molecule has 2 aromatic rings. The molecule has 2 aromatic heterocycles. The van der Waals surface area contributed by atoms with Gasteiger partial charge in [0.15, 0.2) is 17.3 Å². The van der Waals surface area contributed by atoms with Gasteiger partial charge in [0, 0.05) is 13.7 Å². The van der Waals surface area contributed by atoms with E-state index in [1.54, 1.807) is 10.9 Å². The van der Waals surface area contributed by atoms with Gasteiger partial charge in [0.2, 0.25) is 0 Å². The molecule has 0 radical (unpaired) electrons. The molecule has 0 unspecified atom stereocenters. The number of aromatic nitrogens is 4. The van der Waals surface area contributed by atoms with Crippen molar-refractivity contribution in [2.75, 3.05) is 12.0 Å². The number of aryl methyl sites for hydroxylation is 1. The van der Waals surface area contributed by atoms with Crippen LogP contribution in [0.1, 0.15) is 25.6 Å². The van der Waals surface area contributed by atoms with Crippen molar-refractivity contribution >= 4 is 16.9 Å². The largest absolute Gasteiger partial charge is 0.373 e. The van der Waals surface area contributed by atoms with Crippen molar-refractivity contribution in [3.63, 3.8) is 0 Å². The maximum absolute atomic E-state index is 5.50. The summed E-state index contributed by atoms with van der Waals surface area (Å²) in [6, 6.07) is 0. The molecule has 0 aromatic carbocycles. The third kappa shape index (κ3) is 2.57. The average molecular weight is 250 g/mol. The molecule has 3 N–H and O–H groups in total. The van der Waals surface area contributed by atoms with Gasteiger partial charge in [0.25, 0.3) is 0 Å². The maximum atomic E-state index is 5.50. The van der Waals surface area contributed by atoms with Crippen LogP contribution in [0.5, 0.6) is 0 Å². The number of nitrogens with one attached hydrogen (secondary N) is 1. The Labute approximate surface area is 105 Å². The first-order chi connectivity index (χ1) is 8.76. The van der Waals surface area contributed by atoms with Crippen LogP contribution in [0.15, 0.2) is 6.20 Å². The minimum Gasteiger partial charge on any atom is -0.373 e. The normalized spacial score (nSPS) is 11.1. The number of hydrogen-bond donors (Lipinski definition) is 2. The number of rotatable bonds is 6. The number of hydrazine groups is 1. The van der Waals surface area contributed by atoms with Gasteiger partial charge in [0.1, 0.15) is 6.61 Å². The van der Waals surface area contributed by atoms with Crippen LogP contribution in [-0.2, 0) is 18.4 Å². The Hall–Kier alpha value is -1.73. The number of nitrogen functional groups attached to an aromatic ring is 1. The molecule has 0 amide bonds. The Bertz CT molecular complexity index is 523. The molecular formula is C11H18N6O. The molecule has 18 heavy (non-hydrogen) atoms. The van der Waals surface area contributed by atoms with Crippen LogP contribution in [0.2, 0.25) is 0 Å². The van der Waals surface area contributed by atoms with Crippen molar-refractivity contribution in [3.05, 3.63) is 12.0 Å². The molecule has 0 aliphatic rings. The quantitative estimate of drug-likeness (QED) is 0.451. The van der Waals surface area contributed by atoms with Crippen LogP contribution in [0, 0.1) is 0 Å². The highest BCUT2D eigenvalue weighted by atomic mass is 16.5. The molecule has 0 atom stereocenters. The zero-order chi connectivity index (χ0) is 13.0. The summed E-state index contributed by atoms with van der Waals surface area (Å²) in [6.07, 6.45) is 3.83. The standard InChI is InChI=1S/C11H18N6O/c1-3-4-5-18-7-9-14-10(16-12)8-6-13-17(2)11(8)15-9/h6H,3-5,7,12H2,1-2H3,(H,14,15,16). The number of ether oxygens (including phenoxy) is 1. The van der Waals surface area contributed by atoms with E-state index < -0.39 is 0 Å². The SMILES string of the molecule is CCCCOCc1nc(NN)c2cnn(C)c2n1. The number of fused-ring (bicyclic) bond motifs is 1. The van der Waals surface area contributed by atoms with Crippen molar-refractivity contribution < 1.29 is 4.74 Å². The Morgan fingerprint density at radius 1 is 1.44 bits per heavy atom. The van der Waals surface area contributed by atoms with Crippen LogP contribution in [-0.4, -0.2) is 26.4 Å². The molecule has 2 heterocycles. The van der Waals surface area contributed by atoms with Gasteiger partial charge in [0.05, 0.1) is 11.6 Å². The summed E-state index contributed by atoms with van der Waals surface area (Å²) < 4.78 is 7.19. The van der Waals surface area contributed by atoms with E-state index in [2.05, 4.69) is 27.4 Å². The molecule has 0 saturated heterocycles. The van der Waals surface area contributed by atoms with Crippen molar-refractivity contribution in [2.45, 2.75) is 26.4 Å². The molecule has 7 heteroatoms. The van der Waals surface area contributed by atoms with Crippen LogP contribution >= 0.6 is 0 Å². The van der Waals surface area contributed by atoms with E-state index in [1.165, 1.54) is 0 Å². The summed E-state index contributed by atoms with van der Waals surface area (Å²) in [5, 5.41) is 4.94. The van der Waals surface area contributed by atoms with Gasteiger partial charge in [-0.15, -0.1) is 0 Å². The predicted octanol–water partition coefficient (Wildman–Crippen LogP) is 0.966. The zero-order valence-corrected chi connectivity index (χ0v) is 10.7. The summed E-state index contributed by atoms with van der Waals surface area (Å²) in [4.78, 5) is 8.71. The van der Waals surface area contributed by atoms with Crippen LogP contribution in [0.3, 0.4) is 0 Å². The first kappa shape index (κ1) is 12.7. The van der Waals surface area contributed by atoms with Gasteiger partial charge >= 0.3 is 0 Å². The second kappa shape index (κ2) is 5.74. The Kier molecular flexibility index (Phi) is 4.06. The van der Waals surface area contributed by atoms with Crippen molar-refractivity contribution in [3.8, 4) is 0 Å². The van der Waals surface area contributed by atoms with E-state index in [0.717, 1.165) is 23.9 Å². The van der Waals surface area contributed by atoms with Gasteiger partial charge < -0.3 is 10.2 Å². The third-order valence-electron chi connectivity index (χ3n) is 2.65. The van der Waals surface area contributed by atoms with Gasteiger partial charge in [-0.3, -0.25) is 4.68 Å². The number of unbranched alkanes of at least 4 members (excludes halogenated alkanes) is 1. The van der Waals surface area contributed by atoms with Crippen LogP contribution in [0.4, 0.5) is 5.82 Å². The molecule has 0 fully saturated rings. The summed E-state index contributed by atoms with van der Waals surface area (Å²) in [7, 11) is 1.83. The van der Waals surface area contributed by atoms with Gasteiger partial charge in [-0.2, -0.15) is 5.10 Å². The van der Waals surface area contributed by atoms with E-state index in [-0.39, 0.29) is 0 Å². The fourth-order valence-electron chi connectivity index (χ4n) is 1.65. The Morgan fingerprint density at radius 2 is 2.28 bits per heavy atom. The highest BCUT2D eigenvalue weighted by molar-refractivity contribution is 5.86. The average Bonchev–Trinajstić information content (AvgIpc) is 2.76. The lowest BCUT2D eigenvalue weighted by molar-refractivity contribution is 0.113. The lowest BCUT2D eigenvalue weighted by Crippen LogP contribution is -2.12. The molecular weight excluding hydrogens is 232 g/mol. The molecule has 0 spiro atoms. The summed E-state index contributed by atoms with van der Waals surface area (Å²) in [5.41, 5.74) is 3.31. The fraction of sp³-hybridized carbons (Fsp3) is 0.545. The minimum atomic E-state index is 0.385. The maximum Gasteiger partial charge on any atom is 0.163 e. The van der Waals surface area contributed by atoms with Gasteiger partial charge in [-0.1, -0.05) is 13.3 Å². The second-order valence-electron chi connectivity index (χ2n) is 4.04. The molecule has 2 rings (SSSR count). The van der Waals surface area contributed by atoms with Crippen molar-refractivity contribution in [1.82, 2.24) is 19.7 Å². The van der Waals surface area contributed by atoms with E-state index in [4.69, 9.17) is 10.6 Å². The van der Waals surface area contributed by atoms with E-state index in [9.17, 15) is 0 Å². The molecule has 7 nitrogen and oxygen atoms in total. The summed E-state index contributed by atoms with van der Waals surface area (Å²) >= 11 is 0. The fourth-order valence-corrected chi connectivity index (χ4v) is 1.65. The van der Waals surface area contributed by atoms with Gasteiger partial charge in [-0.05, 0) is 6.42 Å².